The molecule has 0 heterocycles. The Kier molecular flexibility index (Phi) is 7.13. The van der Waals surface area contributed by atoms with Crippen molar-refractivity contribution in [3.8, 4) is 0 Å². The van der Waals surface area contributed by atoms with Crippen LogP contribution in [0.4, 0.5) is 5.69 Å². The third-order valence-corrected chi connectivity index (χ3v) is 6.39. The number of nitrogens with one attached hydrogen (secondary N) is 2. The van der Waals surface area contributed by atoms with E-state index in [4.69, 9.17) is 0 Å². The Hall–Kier alpha value is -3.12. The van der Waals surface area contributed by atoms with Crippen molar-refractivity contribution in [2.24, 2.45) is 5.92 Å². The van der Waals surface area contributed by atoms with Gasteiger partial charge >= 0.3 is 0 Å². The summed E-state index contributed by atoms with van der Waals surface area (Å²) in [5.41, 5.74) is 2.57. The second-order valence-electron chi connectivity index (χ2n) is 8.01. The van der Waals surface area contributed by atoms with Gasteiger partial charge < -0.3 is 5.32 Å². The summed E-state index contributed by atoms with van der Waals surface area (Å²) in [7, 11) is -3.74. The molecule has 2 N–H and O–H groups in total. The molecule has 5 nitrogen and oxygen atoms in total. The normalized spacial score (nSPS) is 12.4. The molecule has 0 unspecified atom stereocenters. The Morgan fingerprint density at radius 2 is 1.52 bits per heavy atom. The highest BCUT2D eigenvalue weighted by Gasteiger charge is 2.19. The van der Waals surface area contributed by atoms with Crippen LogP contribution in [-0.4, -0.2) is 14.3 Å². The van der Waals surface area contributed by atoms with E-state index >= 15 is 0 Å². The van der Waals surface area contributed by atoms with Gasteiger partial charge in [0.05, 0.1) is 16.6 Å². The minimum Gasteiger partial charge on any atom is -0.345 e. The molecule has 3 rings (SSSR count). The third kappa shape index (κ3) is 5.95. The Labute approximate surface area is 184 Å². The molecule has 0 saturated carbocycles. The molecule has 1 atom stereocenters. The van der Waals surface area contributed by atoms with Crippen LogP contribution in [0.25, 0.3) is 0 Å². The van der Waals surface area contributed by atoms with E-state index in [1.165, 1.54) is 12.1 Å². The maximum Gasteiger partial charge on any atom is 0.261 e. The average molecular weight is 437 g/mol. The fraction of sp³-hybridized carbons (Fsp3) is 0.240. The lowest BCUT2D eigenvalue weighted by molar-refractivity contribution is 0.0932. The molecule has 0 aliphatic rings. The van der Waals surface area contributed by atoms with Crippen LogP contribution in [0.5, 0.6) is 0 Å². The first-order chi connectivity index (χ1) is 14.8. The van der Waals surface area contributed by atoms with Gasteiger partial charge in [-0.25, -0.2) is 8.42 Å². The van der Waals surface area contributed by atoms with Crippen LogP contribution in [0.15, 0.2) is 83.8 Å². The zero-order valence-electron chi connectivity index (χ0n) is 18.0. The van der Waals surface area contributed by atoms with Gasteiger partial charge in [-0.3, -0.25) is 9.52 Å². The van der Waals surface area contributed by atoms with E-state index in [2.05, 4.69) is 23.9 Å². The van der Waals surface area contributed by atoms with Crippen molar-refractivity contribution in [2.75, 3.05) is 4.72 Å². The standard InChI is InChI=1S/C25H28N2O3S/c1-18(2)16-24(20-10-6-4-7-11-20)26-25(28)21-15-14-19(3)23(17-21)27-31(29,30)22-12-8-5-9-13-22/h4-15,17-18,24,27H,16H2,1-3H3,(H,26,28)/t24-/m1/s1. The van der Waals surface area contributed by atoms with Crippen LogP contribution in [0.1, 0.15) is 47.8 Å². The first-order valence-electron chi connectivity index (χ1n) is 10.3. The molecule has 31 heavy (non-hydrogen) atoms. The van der Waals surface area contributed by atoms with E-state index in [1.54, 1.807) is 43.3 Å². The lowest BCUT2D eigenvalue weighted by Crippen LogP contribution is -2.29. The maximum atomic E-state index is 13.0. The highest BCUT2D eigenvalue weighted by atomic mass is 32.2. The predicted octanol–water partition coefficient (Wildman–Crippen LogP) is 5.31. The maximum absolute atomic E-state index is 13.0. The summed E-state index contributed by atoms with van der Waals surface area (Å²) in [6, 6.07) is 22.9. The van der Waals surface area contributed by atoms with Crippen molar-refractivity contribution in [1.29, 1.82) is 0 Å². The molecular weight excluding hydrogens is 408 g/mol. The minimum absolute atomic E-state index is 0.125. The lowest BCUT2D eigenvalue weighted by atomic mass is 9.96. The molecule has 0 fully saturated rings. The molecule has 0 spiro atoms. The summed E-state index contributed by atoms with van der Waals surface area (Å²) in [4.78, 5) is 13.2. The van der Waals surface area contributed by atoms with Gasteiger partial charge in [0.15, 0.2) is 0 Å². The zero-order chi connectivity index (χ0) is 22.4. The van der Waals surface area contributed by atoms with Crippen molar-refractivity contribution in [3.63, 3.8) is 0 Å². The minimum atomic E-state index is -3.74. The van der Waals surface area contributed by atoms with Crippen molar-refractivity contribution < 1.29 is 13.2 Å². The fourth-order valence-corrected chi connectivity index (χ4v) is 4.50. The Morgan fingerprint density at radius 3 is 2.13 bits per heavy atom. The molecule has 3 aromatic rings. The Morgan fingerprint density at radius 1 is 0.903 bits per heavy atom. The van der Waals surface area contributed by atoms with Gasteiger partial charge in [-0.15, -0.1) is 0 Å². The molecule has 0 saturated heterocycles. The van der Waals surface area contributed by atoms with E-state index < -0.39 is 10.0 Å². The van der Waals surface area contributed by atoms with E-state index in [1.807, 2.05) is 30.3 Å². The monoisotopic (exact) mass is 436 g/mol. The molecular formula is C25H28N2O3S. The van der Waals surface area contributed by atoms with Crippen LogP contribution in [0.2, 0.25) is 0 Å². The van der Waals surface area contributed by atoms with Gasteiger partial charge in [-0.2, -0.15) is 0 Å². The number of carbonyl (C=O) groups is 1. The number of aryl methyl sites for hydroxylation is 1. The Bertz CT molecular complexity index is 1130. The van der Waals surface area contributed by atoms with Crippen molar-refractivity contribution in [2.45, 2.75) is 38.1 Å². The van der Waals surface area contributed by atoms with Crippen LogP contribution in [0, 0.1) is 12.8 Å². The van der Waals surface area contributed by atoms with Crippen LogP contribution in [-0.2, 0) is 10.0 Å². The molecule has 0 bridgehead atoms. The molecule has 6 heteroatoms. The summed E-state index contributed by atoms with van der Waals surface area (Å²) >= 11 is 0. The molecule has 0 aromatic heterocycles. The van der Waals surface area contributed by atoms with Crippen molar-refractivity contribution in [3.05, 3.63) is 95.6 Å². The van der Waals surface area contributed by atoms with Crippen LogP contribution >= 0.6 is 0 Å². The number of benzene rings is 3. The van der Waals surface area contributed by atoms with Crippen molar-refractivity contribution >= 4 is 21.6 Å². The highest BCUT2D eigenvalue weighted by Crippen LogP contribution is 2.24. The molecule has 3 aromatic carbocycles. The molecule has 0 radical (unpaired) electrons. The summed E-state index contributed by atoms with van der Waals surface area (Å²) in [6.07, 6.45) is 0.801. The second kappa shape index (κ2) is 9.79. The second-order valence-corrected chi connectivity index (χ2v) is 9.70. The number of hydrogen-bond acceptors (Lipinski definition) is 3. The van der Waals surface area contributed by atoms with Gasteiger partial charge in [0.1, 0.15) is 0 Å². The number of anilines is 1. The first-order valence-corrected chi connectivity index (χ1v) is 11.8. The number of rotatable bonds is 8. The summed E-state index contributed by atoms with van der Waals surface area (Å²) in [5, 5.41) is 3.11. The molecule has 162 valence electrons. The first kappa shape index (κ1) is 22.6. The predicted molar refractivity (Wildman–Crippen MR) is 125 cm³/mol. The van der Waals surface area contributed by atoms with Gasteiger partial charge in [0, 0.05) is 5.56 Å². The summed E-state index contributed by atoms with van der Waals surface area (Å²) in [6.45, 7) is 6.03. The SMILES string of the molecule is Cc1ccc(C(=O)N[C@H](CC(C)C)c2ccccc2)cc1NS(=O)(=O)c1ccccc1. The summed E-state index contributed by atoms with van der Waals surface area (Å²) < 4.78 is 28.0. The van der Waals surface area contributed by atoms with E-state index in [-0.39, 0.29) is 16.8 Å². The van der Waals surface area contributed by atoms with Gasteiger partial charge in [0.25, 0.3) is 15.9 Å². The largest absolute Gasteiger partial charge is 0.345 e. The molecule has 0 aliphatic carbocycles. The average Bonchev–Trinajstić information content (AvgIpc) is 2.75. The fourth-order valence-electron chi connectivity index (χ4n) is 3.35. The van der Waals surface area contributed by atoms with E-state index in [9.17, 15) is 13.2 Å². The number of amides is 1. The van der Waals surface area contributed by atoms with E-state index in [0.717, 1.165) is 17.5 Å². The molecule has 1 amide bonds. The van der Waals surface area contributed by atoms with Crippen molar-refractivity contribution in [1.82, 2.24) is 5.32 Å². The molecule has 0 aliphatic heterocycles. The number of carbonyl (C=O) groups excluding carboxylic acids is 1. The smallest absolute Gasteiger partial charge is 0.261 e. The number of sulfonamides is 1. The van der Waals surface area contributed by atoms with Gasteiger partial charge in [-0.05, 0) is 54.7 Å². The van der Waals surface area contributed by atoms with E-state index in [0.29, 0.717) is 17.2 Å². The number of hydrogen-bond donors (Lipinski definition) is 2. The Balaban J connectivity index is 1.83. The quantitative estimate of drug-likeness (QED) is 0.502. The zero-order valence-corrected chi connectivity index (χ0v) is 18.8. The van der Waals surface area contributed by atoms with Gasteiger partial charge in [0.2, 0.25) is 0 Å². The summed E-state index contributed by atoms with van der Waals surface area (Å²) in [5.74, 6) is 0.159. The highest BCUT2D eigenvalue weighted by molar-refractivity contribution is 7.92. The van der Waals surface area contributed by atoms with Gasteiger partial charge in [-0.1, -0.05) is 68.4 Å². The van der Waals surface area contributed by atoms with Crippen LogP contribution in [0.3, 0.4) is 0 Å². The third-order valence-electron chi connectivity index (χ3n) is 5.01. The lowest BCUT2D eigenvalue weighted by Gasteiger charge is -2.21. The topological polar surface area (TPSA) is 75.3 Å². The van der Waals surface area contributed by atoms with Crippen LogP contribution < -0.4 is 10.0 Å².